The van der Waals surface area contributed by atoms with Gasteiger partial charge in [0.2, 0.25) is 15.9 Å². The molecule has 0 spiro atoms. The molecule has 172 valence electrons. The van der Waals surface area contributed by atoms with Gasteiger partial charge in [-0.2, -0.15) is 4.31 Å². The van der Waals surface area contributed by atoms with Gasteiger partial charge in [-0.15, -0.1) is 11.3 Å². The Morgan fingerprint density at radius 2 is 1.75 bits per heavy atom. The molecule has 4 rings (SSSR count). The molecule has 2 fully saturated rings. The largest absolute Gasteiger partial charge is 0.340 e. The number of benzene rings is 1. The lowest BCUT2D eigenvalue weighted by Gasteiger charge is -2.38. The highest BCUT2D eigenvalue weighted by Crippen LogP contribution is 2.25. The molecule has 0 aliphatic carbocycles. The predicted molar refractivity (Wildman–Crippen MR) is 124 cm³/mol. The molecule has 2 aromatic rings. The minimum absolute atomic E-state index is 0.0121. The molecule has 2 amide bonds. The number of aryl methyl sites for hydroxylation is 2. The van der Waals surface area contributed by atoms with Crippen molar-refractivity contribution in [3.8, 4) is 0 Å². The number of nitrogens with zero attached hydrogens (tertiary/aromatic N) is 3. The Morgan fingerprint density at radius 1 is 1.00 bits per heavy atom. The highest BCUT2D eigenvalue weighted by atomic mass is 32.2. The minimum Gasteiger partial charge on any atom is -0.340 e. The fourth-order valence-corrected chi connectivity index (χ4v) is 6.87. The maximum atomic E-state index is 13.1. The number of hydrogen-bond acceptors (Lipinski definition) is 5. The first-order chi connectivity index (χ1) is 15.3. The average Bonchev–Trinajstić information content (AvgIpc) is 3.33. The Morgan fingerprint density at radius 3 is 2.41 bits per heavy atom. The Balaban J connectivity index is 1.37. The van der Waals surface area contributed by atoms with Crippen molar-refractivity contribution >= 4 is 33.2 Å². The lowest BCUT2D eigenvalue weighted by atomic mass is 9.96. The highest BCUT2D eigenvalue weighted by Gasteiger charge is 2.35. The fourth-order valence-electron chi connectivity index (χ4n) is 4.55. The van der Waals surface area contributed by atoms with E-state index < -0.39 is 10.0 Å². The zero-order chi connectivity index (χ0) is 22.9. The molecule has 3 heterocycles. The normalized spacial score (nSPS) is 20.4. The van der Waals surface area contributed by atoms with Crippen LogP contribution in [0.15, 0.2) is 40.6 Å². The smallest absolute Gasteiger partial charge is 0.263 e. The summed E-state index contributed by atoms with van der Waals surface area (Å²) in [5.41, 5.74) is 1.76. The first-order valence-corrected chi connectivity index (χ1v) is 13.3. The van der Waals surface area contributed by atoms with Crippen LogP contribution in [0.5, 0.6) is 0 Å². The summed E-state index contributed by atoms with van der Waals surface area (Å²) in [5, 5.41) is 1.88. The molecule has 32 heavy (non-hydrogen) atoms. The van der Waals surface area contributed by atoms with Gasteiger partial charge in [0.05, 0.1) is 15.7 Å². The second-order valence-electron chi connectivity index (χ2n) is 8.57. The van der Waals surface area contributed by atoms with Crippen molar-refractivity contribution in [1.82, 2.24) is 14.1 Å². The van der Waals surface area contributed by atoms with Gasteiger partial charge in [-0.3, -0.25) is 9.59 Å². The van der Waals surface area contributed by atoms with Gasteiger partial charge < -0.3 is 9.80 Å². The lowest BCUT2D eigenvalue weighted by Crippen LogP contribution is -2.54. The Labute approximate surface area is 193 Å². The topological polar surface area (TPSA) is 78.0 Å². The van der Waals surface area contributed by atoms with Crippen molar-refractivity contribution in [3.05, 3.63) is 51.7 Å². The number of piperazine rings is 1. The quantitative estimate of drug-likeness (QED) is 0.681. The number of hydrogen-bond donors (Lipinski definition) is 0. The van der Waals surface area contributed by atoms with Crippen LogP contribution < -0.4 is 0 Å². The Bertz CT molecular complexity index is 1090. The van der Waals surface area contributed by atoms with Gasteiger partial charge in [-0.05, 0) is 49.8 Å². The molecule has 1 aromatic carbocycles. The van der Waals surface area contributed by atoms with Crippen LogP contribution in [0.3, 0.4) is 0 Å². The third kappa shape index (κ3) is 4.60. The number of carbonyl (C=O) groups excluding carboxylic acids is 2. The minimum atomic E-state index is -3.58. The van der Waals surface area contributed by atoms with E-state index in [0.717, 1.165) is 24.0 Å². The summed E-state index contributed by atoms with van der Waals surface area (Å²) in [7, 11) is -3.58. The first kappa shape index (κ1) is 22.9. The van der Waals surface area contributed by atoms with E-state index in [1.807, 2.05) is 43.5 Å². The maximum Gasteiger partial charge on any atom is 0.263 e. The molecular formula is C23H29N3O4S2. The van der Waals surface area contributed by atoms with Crippen molar-refractivity contribution in [2.24, 2.45) is 5.92 Å². The van der Waals surface area contributed by atoms with Crippen LogP contribution in [0, 0.1) is 19.8 Å². The molecule has 0 saturated carbocycles. The van der Waals surface area contributed by atoms with E-state index in [2.05, 4.69) is 0 Å². The van der Waals surface area contributed by atoms with Crippen molar-refractivity contribution in [1.29, 1.82) is 0 Å². The van der Waals surface area contributed by atoms with Crippen LogP contribution >= 0.6 is 11.3 Å². The Hall–Kier alpha value is -2.23. The number of rotatable bonds is 4. The Kier molecular flexibility index (Phi) is 6.69. The molecule has 1 aromatic heterocycles. The molecule has 2 aliphatic heterocycles. The van der Waals surface area contributed by atoms with E-state index in [4.69, 9.17) is 0 Å². The van der Waals surface area contributed by atoms with Crippen LogP contribution in [0.4, 0.5) is 0 Å². The van der Waals surface area contributed by atoms with Crippen LogP contribution in [0.25, 0.3) is 0 Å². The second-order valence-corrected chi connectivity index (χ2v) is 11.4. The molecule has 1 atom stereocenters. The maximum absolute atomic E-state index is 13.1. The van der Waals surface area contributed by atoms with E-state index in [9.17, 15) is 18.0 Å². The molecule has 0 bridgehead atoms. The molecule has 7 nitrogen and oxygen atoms in total. The number of piperidine rings is 1. The van der Waals surface area contributed by atoms with Crippen LogP contribution in [0.2, 0.25) is 0 Å². The van der Waals surface area contributed by atoms with Gasteiger partial charge in [-0.25, -0.2) is 8.42 Å². The average molecular weight is 476 g/mol. The fraction of sp³-hybridized carbons (Fsp3) is 0.478. The molecule has 2 aliphatic rings. The van der Waals surface area contributed by atoms with Gasteiger partial charge in [0.1, 0.15) is 0 Å². The summed E-state index contributed by atoms with van der Waals surface area (Å²) in [4.78, 5) is 30.4. The summed E-state index contributed by atoms with van der Waals surface area (Å²) < 4.78 is 27.7. The zero-order valence-corrected chi connectivity index (χ0v) is 20.1. The van der Waals surface area contributed by atoms with Gasteiger partial charge in [0, 0.05) is 39.3 Å². The van der Waals surface area contributed by atoms with Crippen molar-refractivity contribution in [2.45, 2.75) is 31.6 Å². The lowest BCUT2D eigenvalue weighted by molar-refractivity contribution is -0.138. The number of amides is 2. The standard InChI is InChI=1S/C23H29N3O4S2/c1-17-7-8-21(18(2)15-17)32(29,30)26-12-10-24(11-13-26)22(27)19-5-3-9-25(16-19)23(28)20-6-4-14-31-20/h4,6-8,14-15,19H,3,5,9-13,16H2,1-2H3. The number of thiophene rings is 1. The van der Waals surface area contributed by atoms with Crippen molar-refractivity contribution in [2.75, 3.05) is 39.3 Å². The van der Waals surface area contributed by atoms with Crippen molar-refractivity contribution < 1.29 is 18.0 Å². The molecule has 1 unspecified atom stereocenters. The van der Waals surface area contributed by atoms with E-state index in [0.29, 0.717) is 36.0 Å². The van der Waals surface area contributed by atoms with E-state index >= 15 is 0 Å². The number of likely N-dealkylation sites (tertiary alicyclic amines) is 1. The van der Waals surface area contributed by atoms with Gasteiger partial charge in [-0.1, -0.05) is 23.8 Å². The third-order valence-corrected chi connectivity index (χ3v) is 9.21. The summed E-state index contributed by atoms with van der Waals surface area (Å²) in [6.45, 7) is 6.16. The molecule has 9 heteroatoms. The van der Waals surface area contributed by atoms with E-state index in [1.54, 1.807) is 15.9 Å². The molecule has 0 N–H and O–H groups in total. The highest BCUT2D eigenvalue weighted by molar-refractivity contribution is 7.89. The molecule has 0 radical (unpaired) electrons. The van der Waals surface area contributed by atoms with Crippen LogP contribution in [-0.4, -0.2) is 73.6 Å². The summed E-state index contributed by atoms with van der Waals surface area (Å²) >= 11 is 1.42. The van der Waals surface area contributed by atoms with E-state index in [-0.39, 0.29) is 30.8 Å². The number of carbonyl (C=O) groups is 2. The van der Waals surface area contributed by atoms with Crippen LogP contribution in [-0.2, 0) is 14.8 Å². The van der Waals surface area contributed by atoms with Gasteiger partial charge in [0.15, 0.2) is 0 Å². The van der Waals surface area contributed by atoms with Crippen molar-refractivity contribution in [3.63, 3.8) is 0 Å². The predicted octanol–water partition coefficient (Wildman–Crippen LogP) is 2.75. The second kappa shape index (κ2) is 9.33. The first-order valence-electron chi connectivity index (χ1n) is 11.0. The van der Waals surface area contributed by atoms with Gasteiger partial charge in [0.25, 0.3) is 5.91 Å². The van der Waals surface area contributed by atoms with Crippen LogP contribution in [0.1, 0.15) is 33.6 Å². The zero-order valence-electron chi connectivity index (χ0n) is 18.5. The van der Waals surface area contributed by atoms with Gasteiger partial charge >= 0.3 is 0 Å². The SMILES string of the molecule is Cc1ccc(S(=O)(=O)N2CCN(C(=O)C3CCCN(C(=O)c4cccs4)C3)CC2)c(C)c1. The third-order valence-electron chi connectivity index (χ3n) is 6.29. The molecular weight excluding hydrogens is 446 g/mol. The number of sulfonamides is 1. The summed E-state index contributed by atoms with van der Waals surface area (Å²) in [6, 6.07) is 9.02. The summed E-state index contributed by atoms with van der Waals surface area (Å²) in [5.74, 6) is -0.214. The summed E-state index contributed by atoms with van der Waals surface area (Å²) in [6.07, 6.45) is 1.56. The molecule has 2 saturated heterocycles. The van der Waals surface area contributed by atoms with E-state index in [1.165, 1.54) is 15.6 Å². The monoisotopic (exact) mass is 475 g/mol.